The van der Waals surface area contributed by atoms with E-state index >= 15 is 0 Å². The molecule has 66 valence electrons. The minimum atomic E-state index is -0.789. The van der Waals surface area contributed by atoms with Gasteiger partial charge in [-0.15, -0.1) is 0 Å². The van der Waals surface area contributed by atoms with E-state index in [9.17, 15) is 8.78 Å². The van der Waals surface area contributed by atoms with Gasteiger partial charge >= 0.3 is 0 Å². The quantitative estimate of drug-likeness (QED) is 0.730. The second kappa shape index (κ2) is 4.16. The molecule has 1 nitrogen and oxygen atoms in total. The van der Waals surface area contributed by atoms with Crippen LogP contribution in [0.15, 0.2) is 18.2 Å². The van der Waals surface area contributed by atoms with Crippen molar-refractivity contribution < 1.29 is 8.78 Å². The molecule has 1 aromatic rings. The second-order valence-electron chi connectivity index (χ2n) is 2.60. The van der Waals surface area contributed by atoms with Gasteiger partial charge in [-0.1, -0.05) is 6.07 Å². The third-order valence-electron chi connectivity index (χ3n) is 1.65. The first kappa shape index (κ1) is 9.13. The molecule has 1 aromatic carbocycles. The molecule has 0 saturated heterocycles. The molecule has 1 rings (SSSR count). The molecule has 0 aliphatic rings. The maximum absolute atomic E-state index is 12.6. The summed E-state index contributed by atoms with van der Waals surface area (Å²) >= 11 is 0. The van der Waals surface area contributed by atoms with Crippen molar-refractivity contribution in [2.45, 2.75) is 6.42 Å². The van der Waals surface area contributed by atoms with Crippen molar-refractivity contribution in [3.8, 4) is 0 Å². The first-order valence-electron chi connectivity index (χ1n) is 3.82. The summed E-state index contributed by atoms with van der Waals surface area (Å²) in [6.07, 6.45) is 0.716. The molecule has 0 spiro atoms. The lowest BCUT2D eigenvalue weighted by Gasteiger charge is -2.00. The fraction of sp³-hybridized carbons (Fsp3) is 0.333. The lowest BCUT2D eigenvalue weighted by molar-refractivity contribution is 0.507. The third-order valence-corrected chi connectivity index (χ3v) is 1.65. The van der Waals surface area contributed by atoms with Gasteiger partial charge in [-0.2, -0.15) is 0 Å². The molecule has 0 heterocycles. The van der Waals surface area contributed by atoms with Crippen molar-refractivity contribution in [3.05, 3.63) is 35.4 Å². The summed E-state index contributed by atoms with van der Waals surface area (Å²) in [5.74, 6) is -1.56. The lowest BCUT2D eigenvalue weighted by Crippen LogP contribution is -2.10. The fourth-order valence-electron chi connectivity index (χ4n) is 0.964. The predicted molar refractivity (Wildman–Crippen MR) is 44.0 cm³/mol. The molecule has 0 bridgehead atoms. The van der Waals surface area contributed by atoms with Crippen LogP contribution in [0.1, 0.15) is 5.56 Å². The Bertz CT molecular complexity index is 261. The molecule has 0 aliphatic carbocycles. The Kier molecular flexibility index (Phi) is 3.17. The Morgan fingerprint density at radius 1 is 1.25 bits per heavy atom. The highest BCUT2D eigenvalue weighted by Gasteiger charge is 2.01. The summed E-state index contributed by atoms with van der Waals surface area (Å²) in [5, 5.41) is 2.93. The van der Waals surface area contributed by atoms with Gasteiger partial charge < -0.3 is 5.32 Å². The second-order valence-corrected chi connectivity index (χ2v) is 2.60. The molecule has 0 atom stereocenters. The van der Waals surface area contributed by atoms with Crippen molar-refractivity contribution in [1.82, 2.24) is 5.32 Å². The zero-order valence-electron chi connectivity index (χ0n) is 6.90. The van der Waals surface area contributed by atoms with Gasteiger partial charge in [0.05, 0.1) is 0 Å². The standard InChI is InChI=1S/C9H11F2N/c1-12-5-4-7-2-3-8(10)9(11)6-7/h2-3,6,12H,4-5H2,1H3. The van der Waals surface area contributed by atoms with Crippen LogP contribution in [0, 0.1) is 11.6 Å². The van der Waals surface area contributed by atoms with Crippen LogP contribution in [0.3, 0.4) is 0 Å². The molecule has 3 heteroatoms. The minimum absolute atomic E-state index is 0.716. The highest BCUT2D eigenvalue weighted by Crippen LogP contribution is 2.08. The zero-order valence-corrected chi connectivity index (χ0v) is 6.90. The monoisotopic (exact) mass is 171 g/mol. The topological polar surface area (TPSA) is 12.0 Å². The molecular formula is C9H11F2N. The van der Waals surface area contributed by atoms with E-state index in [-0.39, 0.29) is 0 Å². The Morgan fingerprint density at radius 2 is 2.00 bits per heavy atom. The number of halogens is 2. The van der Waals surface area contributed by atoms with E-state index in [1.807, 2.05) is 7.05 Å². The molecule has 12 heavy (non-hydrogen) atoms. The summed E-state index contributed by atoms with van der Waals surface area (Å²) in [6.45, 7) is 0.769. The van der Waals surface area contributed by atoms with Crippen molar-refractivity contribution in [2.24, 2.45) is 0 Å². The molecule has 0 amide bonds. The van der Waals surface area contributed by atoms with Crippen LogP contribution in [0.4, 0.5) is 8.78 Å². The first-order chi connectivity index (χ1) is 5.74. The number of hydrogen-bond donors (Lipinski definition) is 1. The Labute approximate surface area is 70.4 Å². The van der Waals surface area contributed by atoms with E-state index in [2.05, 4.69) is 5.32 Å². The maximum Gasteiger partial charge on any atom is 0.159 e. The lowest BCUT2D eigenvalue weighted by atomic mass is 10.1. The minimum Gasteiger partial charge on any atom is -0.319 e. The summed E-state index contributed by atoms with van der Waals surface area (Å²) in [5.41, 5.74) is 0.809. The number of rotatable bonds is 3. The molecule has 1 N–H and O–H groups in total. The van der Waals surface area contributed by atoms with E-state index in [0.29, 0.717) is 6.42 Å². The van der Waals surface area contributed by atoms with Crippen LogP contribution in [-0.2, 0) is 6.42 Å². The molecule has 0 radical (unpaired) electrons. The number of likely N-dealkylation sites (N-methyl/N-ethyl adjacent to an activating group) is 1. The van der Waals surface area contributed by atoms with E-state index in [1.165, 1.54) is 6.07 Å². The Hall–Kier alpha value is -0.960. The van der Waals surface area contributed by atoms with Crippen molar-refractivity contribution >= 4 is 0 Å². The summed E-state index contributed by atoms with van der Waals surface area (Å²) in [4.78, 5) is 0. The van der Waals surface area contributed by atoms with Crippen molar-refractivity contribution in [2.75, 3.05) is 13.6 Å². The summed E-state index contributed by atoms with van der Waals surface area (Å²) in [6, 6.07) is 3.97. The van der Waals surface area contributed by atoms with Crippen LogP contribution >= 0.6 is 0 Å². The van der Waals surface area contributed by atoms with Gasteiger partial charge in [0.1, 0.15) is 0 Å². The largest absolute Gasteiger partial charge is 0.319 e. The first-order valence-corrected chi connectivity index (χ1v) is 3.82. The van der Waals surface area contributed by atoms with Gasteiger partial charge in [-0.25, -0.2) is 8.78 Å². The zero-order chi connectivity index (χ0) is 8.97. The fourth-order valence-corrected chi connectivity index (χ4v) is 0.964. The van der Waals surface area contributed by atoms with E-state index in [0.717, 1.165) is 18.2 Å². The summed E-state index contributed by atoms with van der Waals surface area (Å²) in [7, 11) is 1.82. The van der Waals surface area contributed by atoms with E-state index in [1.54, 1.807) is 6.07 Å². The molecule has 0 aliphatic heterocycles. The molecule has 0 aromatic heterocycles. The van der Waals surface area contributed by atoms with Gasteiger partial charge in [0.25, 0.3) is 0 Å². The predicted octanol–water partition coefficient (Wildman–Crippen LogP) is 1.73. The Balaban J connectivity index is 2.69. The average molecular weight is 171 g/mol. The molecule has 0 unspecified atom stereocenters. The Morgan fingerprint density at radius 3 is 2.58 bits per heavy atom. The molecule has 0 saturated carbocycles. The average Bonchev–Trinajstić information content (AvgIpc) is 2.07. The smallest absolute Gasteiger partial charge is 0.159 e. The highest BCUT2D eigenvalue weighted by molar-refractivity contribution is 5.17. The number of hydrogen-bond acceptors (Lipinski definition) is 1. The van der Waals surface area contributed by atoms with E-state index < -0.39 is 11.6 Å². The van der Waals surface area contributed by atoms with Gasteiger partial charge in [0.15, 0.2) is 11.6 Å². The van der Waals surface area contributed by atoms with Crippen molar-refractivity contribution in [3.63, 3.8) is 0 Å². The SMILES string of the molecule is CNCCc1ccc(F)c(F)c1. The van der Waals surface area contributed by atoms with Crippen LogP contribution in [0.5, 0.6) is 0 Å². The number of benzene rings is 1. The van der Waals surface area contributed by atoms with Crippen LogP contribution in [0.25, 0.3) is 0 Å². The van der Waals surface area contributed by atoms with Gasteiger partial charge in [-0.05, 0) is 37.7 Å². The van der Waals surface area contributed by atoms with Gasteiger partial charge in [0, 0.05) is 0 Å². The highest BCUT2D eigenvalue weighted by atomic mass is 19.2. The maximum atomic E-state index is 12.6. The normalized spacial score (nSPS) is 10.2. The molecule has 0 fully saturated rings. The number of nitrogens with one attached hydrogen (secondary N) is 1. The van der Waals surface area contributed by atoms with Crippen LogP contribution in [-0.4, -0.2) is 13.6 Å². The summed E-state index contributed by atoms with van der Waals surface area (Å²) < 4.78 is 25.0. The third kappa shape index (κ3) is 2.27. The van der Waals surface area contributed by atoms with Crippen LogP contribution < -0.4 is 5.32 Å². The van der Waals surface area contributed by atoms with E-state index in [4.69, 9.17) is 0 Å². The van der Waals surface area contributed by atoms with Gasteiger partial charge in [-0.3, -0.25) is 0 Å². The molecular weight excluding hydrogens is 160 g/mol. The van der Waals surface area contributed by atoms with Crippen molar-refractivity contribution in [1.29, 1.82) is 0 Å². The van der Waals surface area contributed by atoms with Crippen LogP contribution in [0.2, 0.25) is 0 Å². The van der Waals surface area contributed by atoms with Gasteiger partial charge in [0.2, 0.25) is 0 Å².